The number of amides is 1. The molecule has 2 aliphatic heterocycles. The Morgan fingerprint density at radius 1 is 1.28 bits per heavy atom. The van der Waals surface area contributed by atoms with Crippen LogP contribution < -0.4 is 16.7 Å². The fourth-order valence-electron chi connectivity index (χ4n) is 4.82. The molecule has 2 atom stereocenters. The van der Waals surface area contributed by atoms with E-state index in [0.717, 1.165) is 55.8 Å². The molecule has 1 aliphatic carbocycles. The molecule has 10 nitrogen and oxygen atoms in total. The highest BCUT2D eigenvalue weighted by molar-refractivity contribution is 5.92. The minimum atomic E-state index is -0.169. The Morgan fingerprint density at radius 2 is 2.00 bits per heavy atom. The standard InChI is InChI=1S/C24H33N7O3.C2H6/c1-16-11-22(31(26)15-28-25)27-13-19(16)12-23(32)30-9-7-29(8-10-30)6-5-18-3-4-20-21(17(18)2)14-34-24(20)33;1-2/h3-4,11,13,15,17,21H,5-10,12,14,25-26H2,1-2H3;1-2H3/b28-15-;. The summed E-state index contributed by atoms with van der Waals surface area (Å²) in [4.78, 5) is 33.3. The first kappa shape index (κ1) is 27.3. The molecule has 0 bridgehead atoms. The molecule has 10 heteroatoms. The average Bonchev–Trinajstić information content (AvgIpc) is 3.27. The van der Waals surface area contributed by atoms with Crippen LogP contribution in [0, 0.1) is 18.8 Å². The highest BCUT2D eigenvalue weighted by Gasteiger charge is 2.37. The first-order valence-electron chi connectivity index (χ1n) is 12.7. The van der Waals surface area contributed by atoms with E-state index in [1.54, 1.807) is 6.20 Å². The van der Waals surface area contributed by atoms with Gasteiger partial charge in [-0.1, -0.05) is 38.5 Å². The zero-order valence-electron chi connectivity index (χ0n) is 21.8. The van der Waals surface area contributed by atoms with Crippen molar-refractivity contribution in [1.29, 1.82) is 0 Å². The highest BCUT2D eigenvalue weighted by atomic mass is 16.5. The zero-order valence-corrected chi connectivity index (χ0v) is 21.8. The molecular weight excluding hydrogens is 458 g/mol. The maximum Gasteiger partial charge on any atom is 0.334 e. The first-order chi connectivity index (χ1) is 17.4. The van der Waals surface area contributed by atoms with Crippen LogP contribution in [0.4, 0.5) is 5.82 Å². The normalized spacial score (nSPS) is 21.8. The van der Waals surface area contributed by atoms with Gasteiger partial charge in [0.1, 0.15) is 12.2 Å². The molecule has 4 rings (SSSR count). The van der Waals surface area contributed by atoms with Crippen molar-refractivity contribution >= 4 is 24.0 Å². The molecule has 1 aromatic heterocycles. The number of rotatable bonds is 7. The topological polar surface area (TPSA) is 130 Å². The number of piperazine rings is 1. The summed E-state index contributed by atoms with van der Waals surface area (Å²) in [6, 6.07) is 1.81. The number of hydrazone groups is 1. The first-order valence-corrected chi connectivity index (χ1v) is 12.7. The van der Waals surface area contributed by atoms with Gasteiger partial charge in [-0.05, 0) is 36.5 Å². The number of nitrogens with two attached hydrogens (primary N) is 2. The number of esters is 1. The molecule has 0 saturated carbocycles. The Hall–Kier alpha value is -3.24. The number of nitrogens with zero attached hydrogens (tertiary/aromatic N) is 5. The lowest BCUT2D eigenvalue weighted by molar-refractivity contribution is -0.135. The van der Waals surface area contributed by atoms with Gasteiger partial charge in [-0.3, -0.25) is 9.69 Å². The maximum absolute atomic E-state index is 12.9. The van der Waals surface area contributed by atoms with Crippen molar-refractivity contribution in [2.24, 2.45) is 28.6 Å². The van der Waals surface area contributed by atoms with Crippen LogP contribution in [0.1, 0.15) is 38.3 Å². The summed E-state index contributed by atoms with van der Waals surface area (Å²) in [6.07, 6.45) is 8.27. The van der Waals surface area contributed by atoms with Crippen molar-refractivity contribution in [3.8, 4) is 0 Å². The SMILES string of the molecule is CC.Cc1cc(N(N)/C=N\N)ncc1CC(=O)N1CCN(CCC2=CC=C3C(=O)OCC3C2C)CC1. The molecule has 2 saturated heterocycles. The summed E-state index contributed by atoms with van der Waals surface area (Å²) in [5.41, 5.74) is 4.01. The van der Waals surface area contributed by atoms with Gasteiger partial charge in [-0.2, -0.15) is 5.10 Å². The second-order valence-electron chi connectivity index (χ2n) is 9.15. The Kier molecular flexibility index (Phi) is 9.60. The number of hydrazine groups is 1. The van der Waals surface area contributed by atoms with Gasteiger partial charge in [0.05, 0.1) is 13.0 Å². The largest absolute Gasteiger partial charge is 0.462 e. The van der Waals surface area contributed by atoms with Crippen molar-refractivity contribution in [1.82, 2.24) is 14.8 Å². The molecular formula is C26H39N7O3. The number of carbonyl (C=O) groups is 2. The molecule has 3 heterocycles. The van der Waals surface area contributed by atoms with Gasteiger partial charge < -0.3 is 15.5 Å². The van der Waals surface area contributed by atoms with Crippen LogP contribution in [-0.2, 0) is 20.7 Å². The lowest BCUT2D eigenvalue weighted by Crippen LogP contribution is -2.49. The summed E-state index contributed by atoms with van der Waals surface area (Å²) >= 11 is 0. The van der Waals surface area contributed by atoms with Gasteiger partial charge >= 0.3 is 5.97 Å². The van der Waals surface area contributed by atoms with Crippen molar-refractivity contribution in [2.45, 2.75) is 40.5 Å². The smallest absolute Gasteiger partial charge is 0.334 e. The molecule has 3 aliphatic rings. The Bertz CT molecular complexity index is 1030. The van der Waals surface area contributed by atoms with E-state index in [9.17, 15) is 9.59 Å². The van der Waals surface area contributed by atoms with Crippen LogP contribution in [0.15, 0.2) is 40.7 Å². The molecule has 2 unspecified atom stereocenters. The second kappa shape index (κ2) is 12.6. The van der Waals surface area contributed by atoms with Gasteiger partial charge in [0.15, 0.2) is 0 Å². The summed E-state index contributed by atoms with van der Waals surface area (Å²) < 4.78 is 5.21. The number of fused-ring (bicyclic) bond motifs is 1. The number of cyclic esters (lactones) is 1. The van der Waals surface area contributed by atoms with Crippen molar-refractivity contribution < 1.29 is 14.3 Å². The van der Waals surface area contributed by atoms with Crippen LogP contribution in [-0.4, -0.2) is 72.3 Å². The third-order valence-electron chi connectivity index (χ3n) is 7.14. The van der Waals surface area contributed by atoms with E-state index >= 15 is 0 Å². The number of anilines is 1. The van der Waals surface area contributed by atoms with Gasteiger partial charge in [0.25, 0.3) is 0 Å². The van der Waals surface area contributed by atoms with E-state index in [1.165, 1.54) is 16.9 Å². The summed E-state index contributed by atoms with van der Waals surface area (Å²) in [5, 5.41) is 4.62. The van der Waals surface area contributed by atoms with Gasteiger partial charge in [-0.25, -0.2) is 20.6 Å². The minimum absolute atomic E-state index is 0.109. The molecule has 36 heavy (non-hydrogen) atoms. The number of aryl methyl sites for hydroxylation is 1. The second-order valence-corrected chi connectivity index (χ2v) is 9.15. The number of pyridine rings is 1. The number of ether oxygens (including phenoxy) is 1. The Balaban J connectivity index is 0.00000176. The van der Waals surface area contributed by atoms with Crippen molar-refractivity contribution in [2.75, 3.05) is 44.3 Å². The monoisotopic (exact) mass is 497 g/mol. The fraction of sp³-hybridized carbons (Fsp3) is 0.538. The third kappa shape index (κ3) is 6.30. The lowest BCUT2D eigenvalue weighted by Gasteiger charge is -2.35. The number of aromatic nitrogens is 1. The van der Waals surface area contributed by atoms with E-state index in [1.807, 2.05) is 37.8 Å². The van der Waals surface area contributed by atoms with Crippen LogP contribution in [0.3, 0.4) is 0 Å². The summed E-state index contributed by atoms with van der Waals surface area (Å²) in [5.74, 6) is 11.9. The third-order valence-corrected chi connectivity index (χ3v) is 7.14. The van der Waals surface area contributed by atoms with Gasteiger partial charge in [0, 0.05) is 50.4 Å². The van der Waals surface area contributed by atoms with Crippen LogP contribution in [0.25, 0.3) is 0 Å². The molecule has 0 spiro atoms. The average molecular weight is 498 g/mol. The van der Waals surface area contributed by atoms with E-state index in [4.69, 9.17) is 16.4 Å². The van der Waals surface area contributed by atoms with E-state index < -0.39 is 0 Å². The fourth-order valence-corrected chi connectivity index (χ4v) is 4.82. The van der Waals surface area contributed by atoms with E-state index in [0.29, 0.717) is 24.8 Å². The highest BCUT2D eigenvalue weighted by Crippen LogP contribution is 2.37. The quantitative estimate of drug-likeness (QED) is 0.192. The van der Waals surface area contributed by atoms with Gasteiger partial charge in [-0.15, -0.1) is 0 Å². The molecule has 196 valence electrons. The van der Waals surface area contributed by atoms with Crippen LogP contribution in [0.2, 0.25) is 0 Å². The van der Waals surface area contributed by atoms with Crippen molar-refractivity contribution in [3.63, 3.8) is 0 Å². The molecule has 0 radical (unpaired) electrons. The molecule has 4 N–H and O–H groups in total. The minimum Gasteiger partial charge on any atom is -0.462 e. The van der Waals surface area contributed by atoms with Crippen LogP contribution in [0.5, 0.6) is 0 Å². The van der Waals surface area contributed by atoms with Crippen LogP contribution >= 0.6 is 0 Å². The number of allylic oxidation sites excluding steroid dienone is 2. The van der Waals surface area contributed by atoms with Crippen molar-refractivity contribution in [3.05, 3.63) is 46.7 Å². The maximum atomic E-state index is 12.9. The lowest BCUT2D eigenvalue weighted by atomic mass is 9.79. The predicted octanol–water partition coefficient (Wildman–Crippen LogP) is 1.75. The Morgan fingerprint density at radius 3 is 2.67 bits per heavy atom. The molecule has 2 fully saturated rings. The van der Waals surface area contributed by atoms with E-state index in [-0.39, 0.29) is 17.8 Å². The summed E-state index contributed by atoms with van der Waals surface area (Å²) in [7, 11) is 0. The molecule has 1 aromatic rings. The molecule has 0 aromatic carbocycles. The Labute approximate surface area is 213 Å². The number of hydrogen-bond acceptors (Lipinski definition) is 8. The number of carbonyl (C=O) groups excluding carboxylic acids is 2. The number of hydrogen-bond donors (Lipinski definition) is 2. The predicted molar refractivity (Wildman–Crippen MR) is 141 cm³/mol. The van der Waals surface area contributed by atoms with E-state index in [2.05, 4.69) is 28.0 Å². The molecule has 1 amide bonds. The summed E-state index contributed by atoms with van der Waals surface area (Å²) in [6.45, 7) is 12.7. The van der Waals surface area contributed by atoms with Gasteiger partial charge in [0.2, 0.25) is 5.91 Å². The zero-order chi connectivity index (χ0) is 26.2.